The molecule has 9 heteroatoms. The first kappa shape index (κ1) is 84.5. The van der Waals surface area contributed by atoms with Gasteiger partial charge < -0.3 is 28.5 Å². The molecule has 0 aromatic carbocycles. The minimum atomic E-state index is -1.51. The number of hydrogen-bond acceptors (Lipinski definition) is 7. The third kappa shape index (κ3) is 70.8. The van der Waals surface area contributed by atoms with Crippen LogP contribution in [0.15, 0.2) is 36.5 Å². The molecule has 0 saturated heterocycles. The van der Waals surface area contributed by atoms with E-state index in [0.717, 1.165) is 44.9 Å². The van der Waals surface area contributed by atoms with Crippen molar-refractivity contribution >= 4 is 17.9 Å². The number of allylic oxidation sites excluding steroid dienone is 6. The van der Waals surface area contributed by atoms with Crippen molar-refractivity contribution in [2.24, 2.45) is 0 Å². The molecule has 0 bridgehead atoms. The fraction of sp³-hybridized carbons (Fsp3) is 0.885. The molecule has 2 atom stereocenters. The second-order valence-electron chi connectivity index (χ2n) is 27.3. The molecular formula is C78H148NO8+. The summed E-state index contributed by atoms with van der Waals surface area (Å²) in [5.41, 5.74) is 0. The number of ether oxygens (including phenoxy) is 4. The maximum Gasteiger partial charge on any atom is 0.361 e. The highest BCUT2D eigenvalue weighted by Crippen LogP contribution is 2.19. The highest BCUT2D eigenvalue weighted by Gasteiger charge is 2.25. The fourth-order valence-electron chi connectivity index (χ4n) is 11.5. The van der Waals surface area contributed by atoms with Gasteiger partial charge in [-0.05, 0) is 70.6 Å². The van der Waals surface area contributed by atoms with E-state index in [1.807, 2.05) is 21.1 Å². The Morgan fingerprint density at radius 1 is 0.345 bits per heavy atom. The Bertz CT molecular complexity index is 1520. The molecule has 0 aliphatic rings. The molecule has 0 spiro atoms. The minimum absolute atomic E-state index is 0.177. The van der Waals surface area contributed by atoms with Crippen molar-refractivity contribution in [1.82, 2.24) is 0 Å². The van der Waals surface area contributed by atoms with Gasteiger partial charge in [0.05, 0.1) is 34.4 Å². The molecule has 0 aromatic rings. The van der Waals surface area contributed by atoms with Crippen LogP contribution < -0.4 is 0 Å². The maximum absolute atomic E-state index is 13.0. The van der Waals surface area contributed by atoms with E-state index in [0.29, 0.717) is 17.4 Å². The van der Waals surface area contributed by atoms with E-state index >= 15 is 0 Å². The van der Waals surface area contributed by atoms with Crippen molar-refractivity contribution in [2.45, 2.75) is 399 Å². The summed E-state index contributed by atoms with van der Waals surface area (Å²) in [7, 11) is 5.99. The molecule has 9 nitrogen and oxygen atoms in total. The number of carboxylic acid groups (broad SMARTS) is 1. The molecule has 512 valence electrons. The number of carbonyl (C=O) groups excluding carboxylic acids is 2. The van der Waals surface area contributed by atoms with E-state index in [-0.39, 0.29) is 38.2 Å². The molecule has 0 aliphatic heterocycles. The number of carboxylic acids is 1. The van der Waals surface area contributed by atoms with Crippen LogP contribution in [0, 0.1) is 0 Å². The van der Waals surface area contributed by atoms with E-state index in [2.05, 4.69) is 50.3 Å². The van der Waals surface area contributed by atoms with Gasteiger partial charge in [0.1, 0.15) is 13.2 Å². The minimum Gasteiger partial charge on any atom is -0.477 e. The van der Waals surface area contributed by atoms with Gasteiger partial charge >= 0.3 is 17.9 Å². The second kappa shape index (κ2) is 69.4. The summed E-state index contributed by atoms with van der Waals surface area (Å²) >= 11 is 0. The monoisotopic (exact) mass is 1230 g/mol. The molecule has 0 amide bonds. The van der Waals surface area contributed by atoms with Gasteiger partial charge in [0.15, 0.2) is 6.10 Å². The number of esters is 2. The van der Waals surface area contributed by atoms with E-state index in [4.69, 9.17) is 18.9 Å². The zero-order valence-electron chi connectivity index (χ0n) is 58.7. The van der Waals surface area contributed by atoms with Gasteiger partial charge in [0, 0.05) is 12.8 Å². The Labute approximate surface area is 540 Å². The SMILES string of the molecule is CCCCCCC/C=C\C/C=C\CCCCCCCCCCCCCCCC(=O)OC(COC(=O)CCCCCCCCCCCCCCCCCCCCCCCCCCC/C=C\CCCCCCCCCC)COC(OCC[N+](C)(C)C)C(=O)O. The lowest BCUT2D eigenvalue weighted by Gasteiger charge is -2.25. The van der Waals surface area contributed by atoms with Crippen molar-refractivity contribution in [3.63, 3.8) is 0 Å². The van der Waals surface area contributed by atoms with Gasteiger partial charge in [-0.3, -0.25) is 9.59 Å². The second-order valence-corrected chi connectivity index (χ2v) is 27.3. The summed E-state index contributed by atoms with van der Waals surface area (Å²) in [5.74, 6) is -1.98. The first-order valence-electron chi connectivity index (χ1n) is 38.2. The maximum atomic E-state index is 13.0. The predicted octanol–water partition coefficient (Wildman–Crippen LogP) is 23.9. The molecule has 0 fully saturated rings. The van der Waals surface area contributed by atoms with Crippen LogP contribution in [0.4, 0.5) is 0 Å². The van der Waals surface area contributed by atoms with E-state index < -0.39 is 18.4 Å². The van der Waals surface area contributed by atoms with E-state index in [1.54, 1.807) is 0 Å². The Kier molecular flexibility index (Phi) is 67.4. The molecule has 0 radical (unpaired) electrons. The Morgan fingerprint density at radius 3 is 0.920 bits per heavy atom. The number of carbonyl (C=O) groups is 3. The van der Waals surface area contributed by atoms with Crippen molar-refractivity contribution in [1.29, 1.82) is 0 Å². The van der Waals surface area contributed by atoms with Crippen LogP contribution in [0.1, 0.15) is 386 Å². The highest BCUT2D eigenvalue weighted by atomic mass is 16.7. The van der Waals surface area contributed by atoms with Gasteiger partial charge in [-0.1, -0.05) is 339 Å². The third-order valence-corrected chi connectivity index (χ3v) is 17.4. The van der Waals surface area contributed by atoms with Crippen LogP contribution in [0.3, 0.4) is 0 Å². The molecule has 0 saturated carbocycles. The fourth-order valence-corrected chi connectivity index (χ4v) is 11.5. The number of nitrogens with zero attached hydrogens (tertiary/aromatic N) is 1. The molecule has 87 heavy (non-hydrogen) atoms. The van der Waals surface area contributed by atoms with Crippen molar-refractivity contribution in [2.75, 3.05) is 47.5 Å². The average molecular weight is 1230 g/mol. The molecule has 2 unspecified atom stereocenters. The summed E-state index contributed by atoms with van der Waals surface area (Å²) in [6, 6.07) is 0. The summed E-state index contributed by atoms with van der Waals surface area (Å²) in [5, 5.41) is 9.76. The number of rotatable bonds is 72. The largest absolute Gasteiger partial charge is 0.477 e. The summed E-state index contributed by atoms with van der Waals surface area (Å²) < 4.78 is 23.0. The average Bonchev–Trinajstić information content (AvgIpc) is 3.59. The standard InChI is InChI=1S/C78H147NO8/c1-6-8-10-12-14-16-18-20-22-24-26-28-30-32-33-34-35-36-37-38-39-40-41-42-43-45-46-48-50-52-54-56-58-60-62-64-66-68-75(80)85-72-74(73-86-78(77(82)83)84-71-70-79(3,4)5)87-76(81)69-67-65-63-61-59-57-55-53-51-49-47-44-31-29-27-25-23-21-19-17-15-13-11-9-7-2/h19,21,24-27,74,78H,6-18,20,22-23,28-73H2,1-5H3/p+1/b21-19-,26-24-,27-25-. The number of quaternary nitrogens is 1. The number of hydrogen-bond donors (Lipinski definition) is 1. The van der Waals surface area contributed by atoms with Crippen LogP contribution in [-0.2, 0) is 33.3 Å². The lowest BCUT2D eigenvalue weighted by molar-refractivity contribution is -0.870. The molecule has 1 N–H and O–H groups in total. The summed E-state index contributed by atoms with van der Waals surface area (Å²) in [4.78, 5) is 37.7. The molecule has 0 aromatic heterocycles. The lowest BCUT2D eigenvalue weighted by Crippen LogP contribution is -2.40. The third-order valence-electron chi connectivity index (χ3n) is 17.4. The smallest absolute Gasteiger partial charge is 0.361 e. The van der Waals surface area contributed by atoms with Crippen LogP contribution in [-0.4, -0.2) is 87.4 Å². The van der Waals surface area contributed by atoms with E-state index in [1.165, 1.54) is 315 Å². The van der Waals surface area contributed by atoms with Crippen molar-refractivity contribution in [3.8, 4) is 0 Å². The van der Waals surface area contributed by atoms with Crippen LogP contribution in [0.5, 0.6) is 0 Å². The first-order valence-corrected chi connectivity index (χ1v) is 38.2. The van der Waals surface area contributed by atoms with Gasteiger partial charge in [-0.15, -0.1) is 0 Å². The first-order chi connectivity index (χ1) is 42.6. The Balaban J connectivity index is 3.97. The van der Waals surface area contributed by atoms with Crippen LogP contribution >= 0.6 is 0 Å². The number of likely N-dealkylation sites (N-methyl/N-ethyl adjacent to an activating group) is 1. The number of aliphatic carboxylic acids is 1. The topological polar surface area (TPSA) is 108 Å². The zero-order valence-corrected chi connectivity index (χ0v) is 58.7. The molecular weight excluding hydrogens is 1080 g/mol. The quantitative estimate of drug-likeness (QED) is 0.0211. The Morgan fingerprint density at radius 2 is 0.621 bits per heavy atom. The normalized spacial score (nSPS) is 12.8. The zero-order chi connectivity index (χ0) is 63.3. The highest BCUT2D eigenvalue weighted by molar-refractivity contribution is 5.71. The number of unbranched alkanes of at least 4 members (excludes halogenated alkanes) is 51. The Hall–Kier alpha value is -2.49. The molecule has 0 aliphatic carbocycles. The van der Waals surface area contributed by atoms with Gasteiger partial charge in [-0.25, -0.2) is 4.79 Å². The van der Waals surface area contributed by atoms with Gasteiger partial charge in [-0.2, -0.15) is 0 Å². The van der Waals surface area contributed by atoms with Crippen molar-refractivity contribution < 1.29 is 42.9 Å². The molecule has 0 heterocycles. The van der Waals surface area contributed by atoms with Crippen LogP contribution in [0.25, 0.3) is 0 Å². The van der Waals surface area contributed by atoms with Gasteiger partial charge in [0.25, 0.3) is 6.29 Å². The van der Waals surface area contributed by atoms with Crippen LogP contribution in [0.2, 0.25) is 0 Å². The lowest BCUT2D eigenvalue weighted by atomic mass is 10.0. The summed E-state index contributed by atoms with van der Waals surface area (Å²) in [6.07, 6.45) is 85.8. The van der Waals surface area contributed by atoms with E-state index in [9.17, 15) is 19.5 Å². The van der Waals surface area contributed by atoms with Gasteiger partial charge in [0.2, 0.25) is 0 Å². The summed E-state index contributed by atoms with van der Waals surface area (Å²) in [6.45, 7) is 4.93. The molecule has 0 rings (SSSR count). The van der Waals surface area contributed by atoms with Crippen molar-refractivity contribution in [3.05, 3.63) is 36.5 Å². The predicted molar refractivity (Wildman–Crippen MR) is 374 cm³/mol.